The first-order valence-electron chi connectivity index (χ1n) is 3.43. The molecule has 0 rings (SSSR count). The molecule has 64 valence electrons. The van der Waals surface area contributed by atoms with Crippen LogP contribution in [-0.4, -0.2) is 49.8 Å². The zero-order chi connectivity index (χ0) is 8.85. The van der Waals surface area contributed by atoms with Crippen molar-refractivity contribution in [3.8, 4) is 0 Å². The molecule has 0 aliphatic heterocycles. The average Bonchev–Trinajstić information content (AvgIpc) is 1.99. The Kier molecular flexibility index (Phi) is 4.26. The fourth-order valence-electron chi connectivity index (χ4n) is 0.548. The molecule has 0 fully saturated rings. The minimum absolute atomic E-state index is 0.0405. The van der Waals surface area contributed by atoms with Crippen LogP contribution in [0.25, 0.3) is 0 Å². The Morgan fingerprint density at radius 1 is 1.36 bits per heavy atom. The van der Waals surface area contributed by atoms with E-state index in [-0.39, 0.29) is 5.91 Å². The van der Waals surface area contributed by atoms with Crippen LogP contribution < -0.4 is 0 Å². The second kappa shape index (κ2) is 4.71. The first-order chi connectivity index (χ1) is 5.07. The molecule has 0 radical (unpaired) electrons. The van der Waals surface area contributed by atoms with Crippen molar-refractivity contribution in [2.24, 2.45) is 0 Å². The molecular formula is C7H14N2O2. The molecule has 0 atom stereocenters. The van der Waals surface area contributed by atoms with Crippen molar-refractivity contribution in [1.29, 1.82) is 0 Å². The quantitative estimate of drug-likeness (QED) is 0.520. The van der Waals surface area contributed by atoms with E-state index in [4.69, 9.17) is 0 Å². The molecule has 0 saturated heterocycles. The van der Waals surface area contributed by atoms with Gasteiger partial charge in [-0.1, -0.05) is 0 Å². The van der Waals surface area contributed by atoms with Gasteiger partial charge >= 0.3 is 0 Å². The van der Waals surface area contributed by atoms with Crippen molar-refractivity contribution in [2.75, 3.05) is 27.7 Å². The highest BCUT2D eigenvalue weighted by Gasteiger charge is 2.03. The molecule has 4 nitrogen and oxygen atoms in total. The van der Waals surface area contributed by atoms with Gasteiger partial charge in [-0.2, -0.15) is 0 Å². The van der Waals surface area contributed by atoms with Gasteiger partial charge in [-0.25, -0.2) is 0 Å². The van der Waals surface area contributed by atoms with E-state index >= 15 is 0 Å². The molecule has 0 aromatic rings. The van der Waals surface area contributed by atoms with Gasteiger partial charge in [-0.15, -0.1) is 0 Å². The van der Waals surface area contributed by atoms with E-state index < -0.39 is 0 Å². The molecule has 0 bridgehead atoms. The molecule has 0 heterocycles. The van der Waals surface area contributed by atoms with E-state index in [2.05, 4.69) is 0 Å². The molecule has 4 heteroatoms. The van der Waals surface area contributed by atoms with Crippen LogP contribution in [0.2, 0.25) is 0 Å². The zero-order valence-corrected chi connectivity index (χ0v) is 7.20. The van der Waals surface area contributed by atoms with E-state index in [1.54, 1.807) is 21.1 Å². The molecule has 0 aromatic carbocycles. The fraction of sp³-hybridized carbons (Fsp3) is 0.714. The topological polar surface area (TPSA) is 40.6 Å². The van der Waals surface area contributed by atoms with Crippen LogP contribution in [0.15, 0.2) is 0 Å². The van der Waals surface area contributed by atoms with E-state index in [0.717, 1.165) is 0 Å². The highest BCUT2D eigenvalue weighted by atomic mass is 16.2. The molecule has 11 heavy (non-hydrogen) atoms. The number of hydrogen-bond acceptors (Lipinski definition) is 2. The summed E-state index contributed by atoms with van der Waals surface area (Å²) >= 11 is 0. The number of carbonyl (C=O) groups is 2. The first-order valence-corrected chi connectivity index (χ1v) is 3.43. The standard InChI is InChI=1S/C7H14N2O2/c1-8(2)7(11)4-5-9(3)6-10/h6H,4-5H2,1-3H3. The Bertz CT molecular complexity index is 145. The number of rotatable bonds is 4. The maximum absolute atomic E-state index is 10.9. The van der Waals surface area contributed by atoms with Gasteiger partial charge < -0.3 is 9.80 Å². The lowest BCUT2D eigenvalue weighted by Crippen LogP contribution is -2.27. The fourth-order valence-corrected chi connectivity index (χ4v) is 0.548. The highest BCUT2D eigenvalue weighted by molar-refractivity contribution is 5.75. The maximum atomic E-state index is 10.9. The number of amides is 2. The summed E-state index contributed by atoms with van der Waals surface area (Å²) in [6.07, 6.45) is 1.10. The van der Waals surface area contributed by atoms with E-state index in [0.29, 0.717) is 19.4 Å². The van der Waals surface area contributed by atoms with Gasteiger partial charge in [-0.3, -0.25) is 9.59 Å². The number of hydrogen-bond donors (Lipinski definition) is 0. The normalized spacial score (nSPS) is 9.00. The van der Waals surface area contributed by atoms with Crippen molar-refractivity contribution in [3.05, 3.63) is 0 Å². The van der Waals surface area contributed by atoms with Gasteiger partial charge in [0.15, 0.2) is 0 Å². The Morgan fingerprint density at radius 2 is 1.91 bits per heavy atom. The van der Waals surface area contributed by atoms with Gasteiger partial charge in [0.1, 0.15) is 0 Å². The molecule has 0 unspecified atom stereocenters. The summed E-state index contributed by atoms with van der Waals surface area (Å²) in [5, 5.41) is 0. The van der Waals surface area contributed by atoms with Crippen LogP contribution in [0, 0.1) is 0 Å². The second-order valence-corrected chi connectivity index (χ2v) is 2.62. The minimum atomic E-state index is 0.0405. The van der Waals surface area contributed by atoms with Crippen molar-refractivity contribution >= 4 is 12.3 Å². The predicted octanol–water partition coefficient (Wildman–Crippen LogP) is -0.447. The summed E-state index contributed by atoms with van der Waals surface area (Å²) in [4.78, 5) is 24.0. The van der Waals surface area contributed by atoms with E-state index in [1.807, 2.05) is 0 Å². The molecule has 0 aliphatic carbocycles. The third kappa shape index (κ3) is 4.36. The monoisotopic (exact) mass is 158 g/mol. The van der Waals surface area contributed by atoms with Gasteiger partial charge in [0.25, 0.3) is 0 Å². The van der Waals surface area contributed by atoms with Gasteiger partial charge in [0.2, 0.25) is 12.3 Å². The Morgan fingerprint density at radius 3 is 2.27 bits per heavy atom. The van der Waals surface area contributed by atoms with Crippen LogP contribution in [0.4, 0.5) is 0 Å². The third-order valence-corrected chi connectivity index (χ3v) is 1.36. The largest absolute Gasteiger partial charge is 0.349 e. The zero-order valence-electron chi connectivity index (χ0n) is 7.20. The summed E-state index contributed by atoms with van der Waals surface area (Å²) in [6, 6.07) is 0. The molecular weight excluding hydrogens is 144 g/mol. The van der Waals surface area contributed by atoms with Crippen LogP contribution in [0.1, 0.15) is 6.42 Å². The van der Waals surface area contributed by atoms with Crippen LogP contribution in [0.3, 0.4) is 0 Å². The van der Waals surface area contributed by atoms with Crippen molar-refractivity contribution in [1.82, 2.24) is 9.80 Å². The van der Waals surface area contributed by atoms with Gasteiger partial charge in [-0.05, 0) is 0 Å². The first kappa shape index (κ1) is 9.94. The number of carbonyl (C=O) groups excluding carboxylic acids is 2. The average molecular weight is 158 g/mol. The Hall–Kier alpha value is -1.06. The highest BCUT2D eigenvalue weighted by Crippen LogP contribution is 1.88. The summed E-state index contributed by atoms with van der Waals surface area (Å²) in [7, 11) is 5.04. The SMILES string of the molecule is CN(C=O)CCC(=O)N(C)C. The van der Waals surface area contributed by atoms with Crippen LogP contribution >= 0.6 is 0 Å². The van der Waals surface area contributed by atoms with E-state index in [1.165, 1.54) is 9.80 Å². The molecule has 0 aliphatic rings. The Labute approximate surface area is 66.8 Å². The Balaban J connectivity index is 3.54. The molecule has 0 aromatic heterocycles. The van der Waals surface area contributed by atoms with Gasteiger partial charge in [0, 0.05) is 34.1 Å². The lowest BCUT2D eigenvalue weighted by molar-refractivity contribution is -0.129. The summed E-state index contributed by atoms with van der Waals surface area (Å²) in [6.45, 7) is 0.487. The van der Waals surface area contributed by atoms with Crippen molar-refractivity contribution < 1.29 is 9.59 Å². The van der Waals surface area contributed by atoms with Crippen molar-refractivity contribution in [3.63, 3.8) is 0 Å². The molecule has 0 saturated carbocycles. The van der Waals surface area contributed by atoms with Crippen molar-refractivity contribution in [2.45, 2.75) is 6.42 Å². The number of nitrogens with zero attached hydrogens (tertiary/aromatic N) is 2. The summed E-state index contributed by atoms with van der Waals surface area (Å²) in [5.41, 5.74) is 0. The maximum Gasteiger partial charge on any atom is 0.223 e. The lowest BCUT2D eigenvalue weighted by Gasteiger charge is -2.13. The lowest BCUT2D eigenvalue weighted by atomic mass is 10.4. The van der Waals surface area contributed by atoms with Gasteiger partial charge in [0.05, 0.1) is 0 Å². The third-order valence-electron chi connectivity index (χ3n) is 1.36. The molecule has 0 N–H and O–H groups in total. The van der Waals surface area contributed by atoms with E-state index in [9.17, 15) is 9.59 Å². The summed E-state index contributed by atoms with van der Waals surface area (Å²) < 4.78 is 0. The van der Waals surface area contributed by atoms with Crippen LogP contribution in [0.5, 0.6) is 0 Å². The molecule has 2 amide bonds. The molecule has 0 spiro atoms. The summed E-state index contributed by atoms with van der Waals surface area (Å²) in [5.74, 6) is 0.0405. The predicted molar refractivity (Wildman–Crippen MR) is 42.0 cm³/mol. The second-order valence-electron chi connectivity index (χ2n) is 2.62. The minimum Gasteiger partial charge on any atom is -0.349 e. The smallest absolute Gasteiger partial charge is 0.223 e. The van der Waals surface area contributed by atoms with Crippen LogP contribution in [-0.2, 0) is 9.59 Å².